The molecule has 0 aliphatic carbocycles. The van der Waals surface area contributed by atoms with Crippen LogP contribution in [0.5, 0.6) is 0 Å². The topological polar surface area (TPSA) is 32.3 Å². The minimum absolute atomic E-state index is 0.140. The van der Waals surface area contributed by atoms with Crippen LogP contribution in [-0.4, -0.2) is 29.9 Å². The highest BCUT2D eigenvalue weighted by Gasteiger charge is 2.21. The van der Waals surface area contributed by atoms with E-state index in [1.165, 1.54) is 12.8 Å². The Morgan fingerprint density at radius 2 is 1.95 bits per heavy atom. The lowest BCUT2D eigenvalue weighted by Gasteiger charge is -2.28. The van der Waals surface area contributed by atoms with E-state index in [2.05, 4.69) is 33.0 Å². The first kappa shape index (κ1) is 17.5. The van der Waals surface area contributed by atoms with Crippen LogP contribution in [0.4, 0.5) is 5.69 Å². The number of carbonyl (C=O) groups excluding carboxylic acids is 1. The Morgan fingerprint density at radius 3 is 2.52 bits per heavy atom. The number of benzene rings is 1. The first-order chi connectivity index (χ1) is 10.0. The number of carbonyl (C=O) groups is 1. The number of aryl methyl sites for hydroxylation is 1. The van der Waals surface area contributed by atoms with Crippen LogP contribution in [0.2, 0.25) is 0 Å². The van der Waals surface area contributed by atoms with E-state index >= 15 is 0 Å². The van der Waals surface area contributed by atoms with Crippen molar-refractivity contribution < 1.29 is 4.79 Å². The van der Waals surface area contributed by atoms with E-state index in [0.29, 0.717) is 0 Å². The Bertz CT molecular complexity index is 455. The maximum absolute atomic E-state index is 12.9. The average molecular weight is 290 g/mol. The van der Waals surface area contributed by atoms with Gasteiger partial charge in [-0.15, -0.1) is 0 Å². The summed E-state index contributed by atoms with van der Waals surface area (Å²) in [6, 6.07) is 6.28. The van der Waals surface area contributed by atoms with Crippen molar-refractivity contribution in [3.8, 4) is 0 Å². The van der Waals surface area contributed by atoms with Crippen molar-refractivity contribution in [3.63, 3.8) is 0 Å². The van der Waals surface area contributed by atoms with Crippen LogP contribution in [0.25, 0.3) is 0 Å². The average Bonchev–Trinajstić information content (AvgIpc) is 2.44. The SMILES string of the molecule is CCCCCN(C(=O)c1cc(C)ccc1NCC)C(C)C. The number of rotatable bonds is 8. The molecule has 0 aromatic heterocycles. The van der Waals surface area contributed by atoms with Gasteiger partial charge < -0.3 is 10.2 Å². The Labute approximate surface area is 129 Å². The summed E-state index contributed by atoms with van der Waals surface area (Å²) >= 11 is 0. The van der Waals surface area contributed by atoms with Crippen LogP contribution in [-0.2, 0) is 0 Å². The van der Waals surface area contributed by atoms with E-state index in [-0.39, 0.29) is 11.9 Å². The molecule has 0 fully saturated rings. The third kappa shape index (κ3) is 5.07. The Kier molecular flexibility index (Phi) is 7.27. The van der Waals surface area contributed by atoms with E-state index in [0.717, 1.165) is 36.3 Å². The largest absolute Gasteiger partial charge is 0.385 e. The third-order valence-electron chi connectivity index (χ3n) is 3.66. The molecule has 3 heteroatoms. The minimum atomic E-state index is 0.140. The monoisotopic (exact) mass is 290 g/mol. The lowest BCUT2D eigenvalue weighted by molar-refractivity contribution is 0.0703. The zero-order valence-electron chi connectivity index (χ0n) is 14.2. The molecule has 0 aliphatic rings. The number of nitrogens with one attached hydrogen (secondary N) is 1. The highest BCUT2D eigenvalue weighted by Crippen LogP contribution is 2.21. The molecule has 0 saturated carbocycles. The van der Waals surface area contributed by atoms with E-state index in [4.69, 9.17) is 0 Å². The van der Waals surface area contributed by atoms with Gasteiger partial charge in [-0.05, 0) is 46.2 Å². The molecule has 1 amide bonds. The van der Waals surface area contributed by atoms with Gasteiger partial charge in [-0.25, -0.2) is 0 Å². The molecule has 21 heavy (non-hydrogen) atoms. The normalized spacial score (nSPS) is 10.8. The molecule has 0 aliphatic heterocycles. The van der Waals surface area contributed by atoms with E-state index in [9.17, 15) is 4.79 Å². The summed E-state index contributed by atoms with van der Waals surface area (Å²) in [5, 5.41) is 3.30. The van der Waals surface area contributed by atoms with Gasteiger partial charge in [0.1, 0.15) is 0 Å². The molecule has 0 atom stereocenters. The van der Waals surface area contributed by atoms with Crippen molar-refractivity contribution >= 4 is 11.6 Å². The molecule has 1 aromatic rings. The first-order valence-corrected chi connectivity index (χ1v) is 8.16. The number of nitrogens with zero attached hydrogens (tertiary/aromatic N) is 1. The van der Waals surface area contributed by atoms with E-state index in [1.807, 2.05) is 30.0 Å². The molecule has 1 aromatic carbocycles. The third-order valence-corrected chi connectivity index (χ3v) is 3.66. The second-order valence-corrected chi connectivity index (χ2v) is 5.88. The van der Waals surface area contributed by atoms with Gasteiger partial charge in [0.15, 0.2) is 0 Å². The van der Waals surface area contributed by atoms with Crippen molar-refractivity contribution in [2.45, 2.75) is 59.9 Å². The predicted molar refractivity (Wildman–Crippen MR) is 91.0 cm³/mol. The fourth-order valence-corrected chi connectivity index (χ4v) is 2.46. The maximum atomic E-state index is 12.9. The standard InChI is InChI=1S/C18H30N2O/c1-6-8-9-12-20(14(3)4)18(21)16-13-15(5)10-11-17(16)19-7-2/h10-11,13-14,19H,6-9,12H2,1-5H3. The Hall–Kier alpha value is -1.51. The van der Waals surface area contributed by atoms with Crippen molar-refractivity contribution in [3.05, 3.63) is 29.3 Å². The van der Waals surface area contributed by atoms with Gasteiger partial charge in [-0.2, -0.15) is 0 Å². The van der Waals surface area contributed by atoms with Gasteiger partial charge in [0.25, 0.3) is 5.91 Å². The highest BCUT2D eigenvalue weighted by molar-refractivity contribution is 6.00. The molecule has 1 N–H and O–H groups in total. The summed E-state index contributed by atoms with van der Waals surface area (Å²) in [6.45, 7) is 12.1. The summed E-state index contributed by atoms with van der Waals surface area (Å²) < 4.78 is 0. The van der Waals surface area contributed by atoms with Gasteiger partial charge in [-0.1, -0.05) is 31.4 Å². The van der Waals surface area contributed by atoms with Crippen molar-refractivity contribution in [1.29, 1.82) is 0 Å². The molecule has 0 heterocycles. The second kappa shape index (κ2) is 8.71. The van der Waals surface area contributed by atoms with E-state index in [1.54, 1.807) is 0 Å². The number of hydrogen-bond acceptors (Lipinski definition) is 2. The summed E-state index contributed by atoms with van der Waals surface area (Å²) in [6.07, 6.45) is 3.42. The predicted octanol–water partition coefficient (Wildman–Crippen LogP) is 4.47. The summed E-state index contributed by atoms with van der Waals surface area (Å²) in [4.78, 5) is 14.9. The van der Waals surface area contributed by atoms with Crippen LogP contribution >= 0.6 is 0 Å². The molecule has 0 bridgehead atoms. The molecule has 1 rings (SSSR count). The zero-order chi connectivity index (χ0) is 15.8. The Balaban J connectivity index is 2.99. The van der Waals surface area contributed by atoms with Gasteiger partial charge in [0.05, 0.1) is 5.56 Å². The smallest absolute Gasteiger partial charge is 0.256 e. The maximum Gasteiger partial charge on any atom is 0.256 e. The van der Waals surface area contributed by atoms with Crippen LogP contribution < -0.4 is 5.32 Å². The molecule has 3 nitrogen and oxygen atoms in total. The first-order valence-electron chi connectivity index (χ1n) is 8.16. The quantitative estimate of drug-likeness (QED) is 0.717. The summed E-state index contributed by atoms with van der Waals surface area (Å²) in [5.41, 5.74) is 2.86. The second-order valence-electron chi connectivity index (χ2n) is 5.88. The zero-order valence-corrected chi connectivity index (χ0v) is 14.2. The van der Waals surface area contributed by atoms with Crippen LogP contribution in [0.15, 0.2) is 18.2 Å². The van der Waals surface area contributed by atoms with Crippen LogP contribution in [0.3, 0.4) is 0 Å². The molecular weight excluding hydrogens is 260 g/mol. The molecule has 0 radical (unpaired) electrons. The number of unbranched alkanes of at least 4 members (excludes halogenated alkanes) is 2. The molecule has 0 unspecified atom stereocenters. The minimum Gasteiger partial charge on any atom is -0.385 e. The van der Waals surface area contributed by atoms with Gasteiger partial charge in [0, 0.05) is 24.8 Å². The molecule has 118 valence electrons. The number of amides is 1. The molecular formula is C18H30N2O. The summed E-state index contributed by atoms with van der Waals surface area (Å²) in [7, 11) is 0. The summed E-state index contributed by atoms with van der Waals surface area (Å²) in [5.74, 6) is 0.140. The lowest BCUT2D eigenvalue weighted by atomic mass is 10.1. The number of anilines is 1. The van der Waals surface area contributed by atoms with E-state index < -0.39 is 0 Å². The molecule has 0 saturated heterocycles. The van der Waals surface area contributed by atoms with Gasteiger partial charge in [0.2, 0.25) is 0 Å². The van der Waals surface area contributed by atoms with Crippen molar-refractivity contribution in [1.82, 2.24) is 4.90 Å². The van der Waals surface area contributed by atoms with Crippen molar-refractivity contribution in [2.24, 2.45) is 0 Å². The fourth-order valence-electron chi connectivity index (χ4n) is 2.46. The Morgan fingerprint density at radius 1 is 1.24 bits per heavy atom. The van der Waals surface area contributed by atoms with Gasteiger partial charge in [-0.3, -0.25) is 4.79 Å². The molecule has 0 spiro atoms. The van der Waals surface area contributed by atoms with Crippen LogP contribution in [0.1, 0.15) is 62.9 Å². The van der Waals surface area contributed by atoms with Crippen LogP contribution in [0, 0.1) is 6.92 Å². The lowest BCUT2D eigenvalue weighted by Crippen LogP contribution is -2.38. The van der Waals surface area contributed by atoms with Gasteiger partial charge >= 0.3 is 0 Å². The number of hydrogen-bond donors (Lipinski definition) is 1. The fraction of sp³-hybridized carbons (Fsp3) is 0.611. The highest BCUT2D eigenvalue weighted by atomic mass is 16.2. The van der Waals surface area contributed by atoms with Crippen molar-refractivity contribution in [2.75, 3.05) is 18.4 Å².